The molecule has 2 unspecified atom stereocenters. The maximum Gasteiger partial charge on any atom is 0.425 e. The van der Waals surface area contributed by atoms with E-state index in [-0.39, 0.29) is 16.1 Å². The van der Waals surface area contributed by atoms with Gasteiger partial charge in [-0.3, -0.25) is 4.79 Å². The Kier molecular flexibility index (Phi) is 7.96. The van der Waals surface area contributed by atoms with Crippen LogP contribution in [0.5, 0.6) is 5.88 Å². The number of aryl methyl sites for hydroxylation is 1. The first-order valence-electron chi connectivity index (χ1n) is 11.8. The highest BCUT2D eigenvalue weighted by molar-refractivity contribution is 6.34. The third-order valence-corrected chi connectivity index (χ3v) is 6.50. The molecule has 2 atom stereocenters. The zero-order chi connectivity index (χ0) is 30.3. The van der Waals surface area contributed by atoms with E-state index in [1.807, 2.05) is 6.07 Å². The van der Waals surface area contributed by atoms with E-state index in [0.29, 0.717) is 23.1 Å². The van der Waals surface area contributed by atoms with Gasteiger partial charge in [-0.05, 0) is 37.0 Å². The van der Waals surface area contributed by atoms with E-state index < -0.39 is 66.4 Å². The number of alkyl halides is 8. The number of benzene rings is 1. The van der Waals surface area contributed by atoms with Crippen LogP contribution in [0.4, 0.5) is 35.1 Å². The number of nitrogens with one attached hydrogen (secondary N) is 1. The van der Waals surface area contributed by atoms with Crippen LogP contribution in [-0.2, 0) is 13.2 Å². The second kappa shape index (κ2) is 10.8. The summed E-state index contributed by atoms with van der Waals surface area (Å²) >= 11 is 6.15. The molecule has 0 aliphatic heterocycles. The van der Waals surface area contributed by atoms with Gasteiger partial charge in [-0.2, -0.15) is 36.7 Å². The lowest BCUT2D eigenvalue weighted by Crippen LogP contribution is -2.35. The maximum absolute atomic E-state index is 14.2. The smallest absolute Gasteiger partial charge is 0.425 e. The summed E-state index contributed by atoms with van der Waals surface area (Å²) in [5, 5.41) is 19.3. The summed E-state index contributed by atoms with van der Waals surface area (Å²) in [5.74, 6) is -2.62. The number of carbonyl (C=O) groups is 1. The third kappa shape index (κ3) is 6.55. The number of ether oxygens (including phenoxy) is 1. The van der Waals surface area contributed by atoms with E-state index >= 15 is 0 Å². The molecule has 0 radical (unpaired) electrons. The largest absolute Gasteiger partial charge is 0.442 e. The molecule has 1 aliphatic carbocycles. The van der Waals surface area contributed by atoms with Gasteiger partial charge in [0.2, 0.25) is 12.2 Å². The van der Waals surface area contributed by atoms with Crippen molar-refractivity contribution in [2.75, 3.05) is 0 Å². The van der Waals surface area contributed by atoms with Crippen LogP contribution in [0.3, 0.4) is 0 Å². The molecule has 1 N–H and O–H groups in total. The number of hydrogen-bond donors (Lipinski definition) is 1. The first kappa shape index (κ1) is 30.1. The van der Waals surface area contributed by atoms with Crippen molar-refractivity contribution in [2.24, 2.45) is 7.05 Å². The maximum atomic E-state index is 14.2. The van der Waals surface area contributed by atoms with Gasteiger partial charge in [0.25, 0.3) is 5.91 Å². The fraction of sp³-hybridized carbons (Fsp3) is 0.417. The molecular weight excluding hydrogens is 592 g/mol. The fourth-order valence-electron chi connectivity index (χ4n) is 3.85. The van der Waals surface area contributed by atoms with Gasteiger partial charge in [0.1, 0.15) is 5.54 Å². The predicted octanol–water partition coefficient (Wildman–Crippen LogP) is 6.09. The summed E-state index contributed by atoms with van der Waals surface area (Å²) in [6.45, 7) is 0. The minimum atomic E-state index is -5.25. The monoisotopic (exact) mass is 610 g/mol. The van der Waals surface area contributed by atoms with Crippen molar-refractivity contribution in [3.8, 4) is 28.9 Å². The molecule has 1 aliphatic rings. The molecule has 0 spiro atoms. The molecule has 220 valence electrons. The van der Waals surface area contributed by atoms with Crippen molar-refractivity contribution < 1.29 is 44.7 Å². The normalized spacial score (nSPS) is 16.1. The van der Waals surface area contributed by atoms with Crippen molar-refractivity contribution in [3.05, 3.63) is 46.7 Å². The quantitative estimate of drug-likeness (QED) is 0.296. The molecular formula is C24H19ClF8N6O2. The Balaban J connectivity index is 1.61. The van der Waals surface area contributed by atoms with Gasteiger partial charge in [0.15, 0.2) is 17.6 Å². The van der Waals surface area contributed by atoms with Gasteiger partial charge in [-0.15, -0.1) is 5.10 Å². The number of halogens is 9. The van der Waals surface area contributed by atoms with Crippen molar-refractivity contribution >= 4 is 17.5 Å². The van der Waals surface area contributed by atoms with E-state index in [2.05, 4.69) is 20.3 Å². The predicted molar refractivity (Wildman–Crippen MR) is 127 cm³/mol. The summed E-state index contributed by atoms with van der Waals surface area (Å²) in [6.07, 6.45) is -15.8. The molecule has 1 amide bonds. The Hall–Kier alpha value is -3.87. The highest BCUT2D eigenvalue weighted by Crippen LogP contribution is 2.41. The first-order chi connectivity index (χ1) is 19.0. The molecule has 8 nitrogen and oxygen atoms in total. The van der Waals surface area contributed by atoms with Crippen LogP contribution in [0.15, 0.2) is 30.6 Å². The van der Waals surface area contributed by atoms with Gasteiger partial charge in [0, 0.05) is 25.2 Å². The highest BCUT2D eigenvalue weighted by Gasteiger charge is 2.45. The Morgan fingerprint density at radius 3 is 2.46 bits per heavy atom. The van der Waals surface area contributed by atoms with Crippen LogP contribution in [0.25, 0.3) is 16.9 Å². The van der Waals surface area contributed by atoms with Crippen LogP contribution >= 0.6 is 11.6 Å². The Morgan fingerprint density at radius 2 is 1.88 bits per heavy atom. The van der Waals surface area contributed by atoms with Gasteiger partial charge in [-0.1, -0.05) is 17.7 Å². The lowest BCUT2D eigenvalue weighted by molar-refractivity contribution is -0.184. The van der Waals surface area contributed by atoms with Gasteiger partial charge in [0.05, 0.1) is 22.9 Å². The zero-order valence-electron chi connectivity index (χ0n) is 20.8. The molecule has 1 saturated carbocycles. The summed E-state index contributed by atoms with van der Waals surface area (Å²) in [7, 11) is 1.07. The number of carbonyl (C=O) groups excluding carboxylic acids is 1. The molecule has 2 aromatic heterocycles. The topological polar surface area (TPSA) is 97.8 Å². The van der Waals surface area contributed by atoms with Crippen LogP contribution in [0.2, 0.25) is 5.02 Å². The van der Waals surface area contributed by atoms with Crippen molar-refractivity contribution in [1.29, 1.82) is 5.26 Å². The van der Waals surface area contributed by atoms with Crippen molar-refractivity contribution in [1.82, 2.24) is 24.9 Å². The molecule has 3 aromatic rings. The second-order valence-corrected chi connectivity index (χ2v) is 9.66. The fourth-order valence-corrected chi connectivity index (χ4v) is 4.05. The minimum Gasteiger partial charge on any atom is -0.442 e. The van der Waals surface area contributed by atoms with E-state index in [1.54, 1.807) is 0 Å². The van der Waals surface area contributed by atoms with E-state index in [1.165, 1.54) is 24.4 Å². The van der Waals surface area contributed by atoms with E-state index in [4.69, 9.17) is 11.6 Å². The molecule has 1 aromatic carbocycles. The lowest BCUT2D eigenvalue weighted by Gasteiger charge is -2.15. The number of hydrogen-bond acceptors (Lipinski definition) is 5. The standard InChI is InChI=1S/C24H19ClF8N6O2/c1-38-21(18(24(31,32)33)20(37-38)41-17(27)5-4-16(26)23(28,29)30)39-10-13(9-35-39)12-2-3-15(25)14(8-12)19(40)36-22(11-34)6-7-22/h2-3,8-10,16-17H,4-7H2,1H3,(H,36,40). The van der Waals surface area contributed by atoms with Crippen LogP contribution in [0, 0.1) is 11.3 Å². The Labute approximate surface area is 231 Å². The van der Waals surface area contributed by atoms with Crippen molar-refractivity contribution in [2.45, 2.75) is 56.1 Å². The molecule has 17 heteroatoms. The number of amides is 1. The number of rotatable bonds is 9. The van der Waals surface area contributed by atoms with Crippen LogP contribution in [-0.4, -0.2) is 49.7 Å². The summed E-state index contributed by atoms with van der Waals surface area (Å²) in [5.41, 5.74) is -1.97. The summed E-state index contributed by atoms with van der Waals surface area (Å²) < 4.78 is 112. The minimum absolute atomic E-state index is 0.0145. The summed E-state index contributed by atoms with van der Waals surface area (Å²) in [4.78, 5) is 12.7. The van der Waals surface area contributed by atoms with Crippen molar-refractivity contribution in [3.63, 3.8) is 0 Å². The molecule has 4 rings (SSSR count). The Morgan fingerprint density at radius 1 is 1.20 bits per heavy atom. The van der Waals surface area contributed by atoms with Crippen LogP contribution in [0.1, 0.15) is 41.6 Å². The van der Waals surface area contributed by atoms with E-state index in [0.717, 1.165) is 17.9 Å². The SMILES string of the molecule is Cn1nc(OC(F)CCC(F)C(F)(F)F)c(C(F)(F)F)c1-n1cc(-c2ccc(Cl)c(C(=O)NC3(C#N)CC3)c2)cn1. The average Bonchev–Trinajstić information content (AvgIpc) is 3.32. The number of nitriles is 1. The average molecular weight is 611 g/mol. The second-order valence-electron chi connectivity index (χ2n) is 9.26. The number of nitrogens with zero attached hydrogens (tertiary/aromatic N) is 5. The Bertz CT molecular complexity index is 1490. The molecule has 41 heavy (non-hydrogen) atoms. The molecule has 2 heterocycles. The van der Waals surface area contributed by atoms with Crippen LogP contribution < -0.4 is 10.1 Å². The number of aromatic nitrogens is 4. The van der Waals surface area contributed by atoms with Gasteiger partial charge in [-0.25, -0.2) is 18.1 Å². The first-order valence-corrected chi connectivity index (χ1v) is 12.2. The zero-order valence-corrected chi connectivity index (χ0v) is 21.6. The molecule has 0 saturated heterocycles. The molecule has 0 bridgehead atoms. The molecule has 1 fully saturated rings. The van der Waals surface area contributed by atoms with E-state index in [9.17, 15) is 45.2 Å². The van der Waals surface area contributed by atoms with Gasteiger partial charge >= 0.3 is 12.4 Å². The summed E-state index contributed by atoms with van der Waals surface area (Å²) in [6, 6.07) is 6.24. The highest BCUT2D eigenvalue weighted by atomic mass is 35.5. The lowest BCUT2D eigenvalue weighted by atomic mass is 10.1. The third-order valence-electron chi connectivity index (χ3n) is 6.17. The van der Waals surface area contributed by atoms with Gasteiger partial charge < -0.3 is 10.1 Å².